The van der Waals surface area contributed by atoms with Crippen molar-refractivity contribution >= 4 is 5.69 Å². The molecule has 1 aliphatic rings. The van der Waals surface area contributed by atoms with Gasteiger partial charge in [-0.3, -0.25) is 0 Å². The quantitative estimate of drug-likeness (QED) is 0.618. The van der Waals surface area contributed by atoms with Gasteiger partial charge in [0.25, 0.3) is 0 Å². The fourth-order valence-electron chi connectivity index (χ4n) is 4.52. The summed E-state index contributed by atoms with van der Waals surface area (Å²) in [6.07, 6.45) is 0.817. The number of hydrogen-bond acceptors (Lipinski definition) is 2. The van der Waals surface area contributed by atoms with Crippen molar-refractivity contribution in [3.63, 3.8) is 0 Å². The first kappa shape index (κ1) is 21.8. The highest BCUT2D eigenvalue weighted by atomic mass is 19.1. The third-order valence-corrected chi connectivity index (χ3v) is 6.40. The average molecular weight is 398 g/mol. The molecule has 3 heteroatoms. The number of ether oxygens (including phenoxy) is 1. The molecule has 0 bridgehead atoms. The summed E-state index contributed by atoms with van der Waals surface area (Å²) in [7, 11) is 0. The van der Waals surface area contributed by atoms with E-state index in [9.17, 15) is 0 Å². The highest BCUT2D eigenvalue weighted by Crippen LogP contribution is 2.35. The van der Waals surface area contributed by atoms with Gasteiger partial charge in [-0.2, -0.15) is 0 Å². The monoisotopic (exact) mass is 397 g/mol. The topological polar surface area (TPSA) is 12.5 Å². The molecule has 3 rings (SSSR count). The highest BCUT2D eigenvalue weighted by Gasteiger charge is 2.27. The van der Waals surface area contributed by atoms with Crippen LogP contribution < -0.4 is 4.90 Å². The second-order valence-corrected chi connectivity index (χ2v) is 10.1. The van der Waals surface area contributed by atoms with Gasteiger partial charge in [-0.1, -0.05) is 52.8 Å². The summed E-state index contributed by atoms with van der Waals surface area (Å²) in [6, 6.07) is 10.2. The molecule has 0 N–H and O–H groups in total. The van der Waals surface area contributed by atoms with Crippen molar-refractivity contribution in [2.24, 2.45) is 0 Å². The Morgan fingerprint density at radius 1 is 0.897 bits per heavy atom. The molecule has 1 heterocycles. The minimum absolute atomic E-state index is 0.111. The summed E-state index contributed by atoms with van der Waals surface area (Å²) in [5.74, 6) is -0.111. The Balaban J connectivity index is 1.87. The zero-order valence-corrected chi connectivity index (χ0v) is 19.2. The molecule has 0 aromatic heterocycles. The van der Waals surface area contributed by atoms with Gasteiger partial charge in [0.1, 0.15) is 5.82 Å². The van der Waals surface area contributed by atoms with Crippen LogP contribution >= 0.6 is 0 Å². The third-order valence-electron chi connectivity index (χ3n) is 6.40. The zero-order chi connectivity index (χ0) is 21.4. The standard InChI is InChI=1S/C26H36FNO/c1-18-19(2)22(25(3,4)5)10-8-20(18)17-26(6,7)23-11-9-21(16-24(23)27)28-12-14-29-15-13-28/h8-11,16H,12-15,17H2,1-7H3. The van der Waals surface area contributed by atoms with Crippen LogP contribution in [0.2, 0.25) is 0 Å². The van der Waals surface area contributed by atoms with Gasteiger partial charge in [-0.25, -0.2) is 4.39 Å². The number of anilines is 1. The van der Waals surface area contributed by atoms with Crippen molar-refractivity contribution in [2.45, 2.75) is 65.7 Å². The normalized spacial score (nSPS) is 15.7. The molecule has 0 radical (unpaired) electrons. The molecule has 1 saturated heterocycles. The average Bonchev–Trinajstić information content (AvgIpc) is 2.65. The number of halogens is 1. The number of hydrogen-bond donors (Lipinski definition) is 0. The van der Waals surface area contributed by atoms with Crippen LogP contribution in [0.4, 0.5) is 10.1 Å². The molecule has 0 amide bonds. The molecule has 0 atom stereocenters. The van der Waals surface area contributed by atoms with Crippen LogP contribution in [-0.2, 0) is 22.0 Å². The molecule has 29 heavy (non-hydrogen) atoms. The predicted octanol–water partition coefficient (Wildman–Crippen LogP) is 6.10. The summed E-state index contributed by atoms with van der Waals surface area (Å²) in [6.45, 7) is 18.5. The lowest BCUT2D eigenvalue weighted by molar-refractivity contribution is 0.122. The lowest BCUT2D eigenvalue weighted by Gasteiger charge is -2.31. The van der Waals surface area contributed by atoms with E-state index in [1.165, 1.54) is 22.3 Å². The van der Waals surface area contributed by atoms with Gasteiger partial charge in [0.15, 0.2) is 0 Å². The number of morpholine rings is 1. The van der Waals surface area contributed by atoms with E-state index in [0.717, 1.165) is 30.8 Å². The molecule has 1 fully saturated rings. The molecular formula is C26H36FNO. The van der Waals surface area contributed by atoms with E-state index in [-0.39, 0.29) is 16.6 Å². The lowest BCUT2D eigenvalue weighted by atomic mass is 9.75. The summed E-state index contributed by atoms with van der Waals surface area (Å²) in [4.78, 5) is 2.20. The van der Waals surface area contributed by atoms with Crippen LogP contribution in [0, 0.1) is 19.7 Å². The molecule has 0 unspecified atom stereocenters. The van der Waals surface area contributed by atoms with E-state index >= 15 is 4.39 Å². The smallest absolute Gasteiger partial charge is 0.129 e. The molecule has 0 spiro atoms. The summed E-state index contributed by atoms with van der Waals surface area (Å²) in [5.41, 5.74) is 6.95. The van der Waals surface area contributed by atoms with E-state index in [1.54, 1.807) is 6.07 Å². The van der Waals surface area contributed by atoms with E-state index in [0.29, 0.717) is 13.2 Å². The first-order valence-electron chi connectivity index (χ1n) is 10.7. The first-order valence-corrected chi connectivity index (χ1v) is 10.7. The molecule has 2 aromatic carbocycles. The van der Waals surface area contributed by atoms with Crippen molar-refractivity contribution in [3.8, 4) is 0 Å². The Morgan fingerprint density at radius 3 is 2.10 bits per heavy atom. The summed E-state index contributed by atoms with van der Waals surface area (Å²) in [5, 5.41) is 0. The van der Waals surface area contributed by atoms with Gasteiger partial charge in [-0.15, -0.1) is 0 Å². The maximum absolute atomic E-state index is 15.1. The Bertz CT molecular complexity index is 873. The Morgan fingerprint density at radius 2 is 1.52 bits per heavy atom. The largest absolute Gasteiger partial charge is 0.378 e. The Hall–Kier alpha value is -1.87. The fraction of sp³-hybridized carbons (Fsp3) is 0.538. The summed E-state index contributed by atoms with van der Waals surface area (Å²) >= 11 is 0. The van der Waals surface area contributed by atoms with Gasteiger partial charge < -0.3 is 9.64 Å². The van der Waals surface area contributed by atoms with Crippen LogP contribution in [0.1, 0.15) is 62.4 Å². The van der Waals surface area contributed by atoms with E-state index in [4.69, 9.17) is 4.74 Å². The number of nitrogens with zero attached hydrogens (tertiary/aromatic N) is 1. The minimum atomic E-state index is -0.284. The van der Waals surface area contributed by atoms with E-state index < -0.39 is 0 Å². The molecule has 0 aliphatic carbocycles. The SMILES string of the molecule is Cc1c(CC(C)(C)c2ccc(N3CCOCC3)cc2F)ccc(C(C)(C)C)c1C. The molecule has 2 aromatic rings. The van der Waals surface area contributed by atoms with E-state index in [2.05, 4.69) is 71.6 Å². The minimum Gasteiger partial charge on any atom is -0.378 e. The molecular weight excluding hydrogens is 361 g/mol. The van der Waals surface area contributed by atoms with E-state index in [1.807, 2.05) is 6.07 Å². The zero-order valence-electron chi connectivity index (χ0n) is 19.2. The van der Waals surface area contributed by atoms with Crippen LogP contribution in [0.3, 0.4) is 0 Å². The van der Waals surface area contributed by atoms with Crippen LogP contribution in [0.5, 0.6) is 0 Å². The van der Waals surface area contributed by atoms with Crippen molar-refractivity contribution in [2.75, 3.05) is 31.2 Å². The van der Waals surface area contributed by atoms with Crippen LogP contribution in [-0.4, -0.2) is 26.3 Å². The number of benzene rings is 2. The van der Waals surface area contributed by atoms with Gasteiger partial charge in [0.05, 0.1) is 13.2 Å². The van der Waals surface area contributed by atoms with Crippen LogP contribution in [0.15, 0.2) is 30.3 Å². The lowest BCUT2D eigenvalue weighted by Crippen LogP contribution is -2.36. The fourth-order valence-corrected chi connectivity index (χ4v) is 4.52. The molecule has 158 valence electrons. The maximum atomic E-state index is 15.1. The highest BCUT2D eigenvalue weighted by molar-refractivity contribution is 5.50. The maximum Gasteiger partial charge on any atom is 0.129 e. The Kier molecular flexibility index (Phi) is 6.10. The first-order chi connectivity index (χ1) is 13.5. The Labute approximate surface area is 176 Å². The third kappa shape index (κ3) is 4.66. The van der Waals surface area contributed by atoms with Crippen molar-refractivity contribution in [3.05, 3.63) is 64.0 Å². The molecule has 2 nitrogen and oxygen atoms in total. The van der Waals surface area contributed by atoms with Crippen molar-refractivity contribution in [1.29, 1.82) is 0 Å². The molecule has 1 aliphatic heterocycles. The second-order valence-electron chi connectivity index (χ2n) is 10.1. The summed E-state index contributed by atoms with van der Waals surface area (Å²) < 4.78 is 20.6. The number of rotatable bonds is 4. The van der Waals surface area contributed by atoms with Crippen molar-refractivity contribution < 1.29 is 9.13 Å². The molecule has 0 saturated carbocycles. The van der Waals surface area contributed by atoms with Gasteiger partial charge in [0.2, 0.25) is 0 Å². The van der Waals surface area contributed by atoms with Gasteiger partial charge >= 0.3 is 0 Å². The van der Waals surface area contributed by atoms with Crippen molar-refractivity contribution in [1.82, 2.24) is 0 Å². The predicted molar refractivity (Wildman–Crippen MR) is 121 cm³/mol. The van der Waals surface area contributed by atoms with Gasteiger partial charge in [-0.05, 0) is 71.0 Å². The van der Waals surface area contributed by atoms with Gasteiger partial charge in [0, 0.05) is 18.8 Å². The van der Waals surface area contributed by atoms with Crippen LogP contribution in [0.25, 0.3) is 0 Å². The second kappa shape index (κ2) is 8.10.